The van der Waals surface area contributed by atoms with Gasteiger partial charge in [-0.1, -0.05) is 24.3 Å². The minimum atomic E-state index is -1.72. The Balaban J connectivity index is 2.18. The monoisotopic (exact) mass is 260 g/mol. The highest BCUT2D eigenvalue weighted by Crippen LogP contribution is 2.17. The zero-order chi connectivity index (χ0) is 13.8. The van der Waals surface area contributed by atoms with E-state index in [9.17, 15) is 14.4 Å². The van der Waals surface area contributed by atoms with Crippen LogP contribution in [0.15, 0.2) is 42.5 Å². The minimum absolute atomic E-state index is 0.119. The Morgan fingerprint density at radius 3 is 2.58 bits per heavy atom. The molecule has 2 aromatic carbocycles. The Bertz CT molecular complexity index is 572. The maximum Gasteiger partial charge on any atom is 0.488 e. The number of rotatable bonds is 4. The molecule has 0 bridgehead atoms. The summed E-state index contributed by atoms with van der Waals surface area (Å²) in [7, 11) is -1.72. The highest BCUT2D eigenvalue weighted by Gasteiger charge is 2.17. The van der Waals surface area contributed by atoms with E-state index in [4.69, 9.17) is 4.74 Å². The van der Waals surface area contributed by atoms with Gasteiger partial charge >= 0.3 is 7.12 Å². The second-order valence-electron chi connectivity index (χ2n) is 4.27. The highest BCUT2D eigenvalue weighted by molar-refractivity contribution is 6.59. The van der Waals surface area contributed by atoms with E-state index >= 15 is 0 Å². The molecule has 98 valence electrons. The Morgan fingerprint density at radius 1 is 1.16 bits per heavy atom. The number of ether oxygens (including phenoxy) is 1. The lowest BCUT2D eigenvalue weighted by Crippen LogP contribution is -2.34. The van der Waals surface area contributed by atoms with Crippen LogP contribution in [-0.4, -0.2) is 17.2 Å². The van der Waals surface area contributed by atoms with Crippen molar-refractivity contribution in [3.8, 4) is 5.75 Å². The van der Waals surface area contributed by atoms with Crippen LogP contribution in [0.3, 0.4) is 0 Å². The maximum absolute atomic E-state index is 13.1. The molecule has 0 spiro atoms. The SMILES string of the molecule is Cc1ccccc1OCc1ccc(F)cc1B(O)O. The summed E-state index contributed by atoms with van der Waals surface area (Å²) in [5.41, 5.74) is 1.64. The number of benzene rings is 2. The minimum Gasteiger partial charge on any atom is -0.489 e. The van der Waals surface area contributed by atoms with Gasteiger partial charge in [0.25, 0.3) is 0 Å². The van der Waals surface area contributed by atoms with Crippen molar-refractivity contribution in [2.24, 2.45) is 0 Å². The predicted molar refractivity (Wildman–Crippen MR) is 71.7 cm³/mol. The Labute approximate surface area is 111 Å². The van der Waals surface area contributed by atoms with Crippen LogP contribution in [-0.2, 0) is 6.61 Å². The molecule has 0 heterocycles. The van der Waals surface area contributed by atoms with E-state index in [-0.39, 0.29) is 12.1 Å². The van der Waals surface area contributed by atoms with Crippen LogP contribution in [0.1, 0.15) is 11.1 Å². The van der Waals surface area contributed by atoms with Crippen LogP contribution in [0.2, 0.25) is 0 Å². The number of hydrogen-bond donors (Lipinski definition) is 2. The van der Waals surface area contributed by atoms with Gasteiger partial charge in [-0.3, -0.25) is 0 Å². The van der Waals surface area contributed by atoms with Gasteiger partial charge in [-0.25, -0.2) is 4.39 Å². The number of halogens is 1. The molecule has 19 heavy (non-hydrogen) atoms. The van der Waals surface area contributed by atoms with Gasteiger partial charge in [0.2, 0.25) is 0 Å². The van der Waals surface area contributed by atoms with Crippen molar-refractivity contribution in [3.05, 3.63) is 59.4 Å². The predicted octanol–water partition coefficient (Wildman–Crippen LogP) is 1.39. The molecule has 0 aliphatic heterocycles. The summed E-state index contributed by atoms with van der Waals surface area (Å²) in [5, 5.41) is 18.4. The first kappa shape index (κ1) is 13.6. The first-order valence-electron chi connectivity index (χ1n) is 5.91. The van der Waals surface area contributed by atoms with Crippen molar-refractivity contribution in [3.63, 3.8) is 0 Å². The van der Waals surface area contributed by atoms with E-state index in [2.05, 4.69) is 0 Å². The van der Waals surface area contributed by atoms with Gasteiger partial charge in [-0.15, -0.1) is 0 Å². The third kappa shape index (κ3) is 3.33. The van der Waals surface area contributed by atoms with Crippen LogP contribution in [0.25, 0.3) is 0 Å². The molecule has 0 aliphatic rings. The standard InChI is InChI=1S/C14H14BFO3/c1-10-4-2-3-5-14(10)19-9-11-6-7-12(16)8-13(11)15(17)18/h2-8,17-18H,9H2,1H3. The number of aryl methyl sites for hydroxylation is 1. The lowest BCUT2D eigenvalue weighted by atomic mass is 9.77. The van der Waals surface area contributed by atoms with Gasteiger partial charge in [-0.2, -0.15) is 0 Å². The maximum atomic E-state index is 13.1. The molecule has 0 atom stereocenters. The van der Waals surface area contributed by atoms with E-state index < -0.39 is 12.9 Å². The molecule has 0 saturated heterocycles. The average Bonchev–Trinajstić information content (AvgIpc) is 2.38. The second-order valence-corrected chi connectivity index (χ2v) is 4.27. The Hall–Kier alpha value is -1.85. The molecular formula is C14H14BFO3. The third-order valence-electron chi connectivity index (χ3n) is 2.86. The van der Waals surface area contributed by atoms with E-state index in [1.165, 1.54) is 12.1 Å². The summed E-state index contributed by atoms with van der Waals surface area (Å²) >= 11 is 0. The summed E-state index contributed by atoms with van der Waals surface area (Å²) < 4.78 is 18.7. The van der Waals surface area contributed by atoms with Gasteiger partial charge < -0.3 is 14.8 Å². The van der Waals surface area contributed by atoms with Crippen molar-refractivity contribution >= 4 is 12.6 Å². The largest absolute Gasteiger partial charge is 0.489 e. The number of hydrogen-bond acceptors (Lipinski definition) is 3. The lowest BCUT2D eigenvalue weighted by Gasteiger charge is -2.12. The molecule has 0 amide bonds. The Morgan fingerprint density at radius 2 is 1.89 bits per heavy atom. The molecule has 2 aromatic rings. The Kier molecular flexibility index (Phi) is 4.19. The van der Waals surface area contributed by atoms with E-state index in [1.54, 1.807) is 0 Å². The molecule has 0 unspecified atom stereocenters. The fourth-order valence-corrected chi connectivity index (χ4v) is 1.81. The normalized spacial score (nSPS) is 10.3. The van der Waals surface area contributed by atoms with Crippen molar-refractivity contribution in [1.29, 1.82) is 0 Å². The molecule has 0 fully saturated rings. The average molecular weight is 260 g/mol. The summed E-state index contributed by atoms with van der Waals surface area (Å²) in [6.07, 6.45) is 0. The topological polar surface area (TPSA) is 49.7 Å². The quantitative estimate of drug-likeness (QED) is 0.817. The van der Waals surface area contributed by atoms with Crippen LogP contribution in [0.4, 0.5) is 4.39 Å². The van der Waals surface area contributed by atoms with E-state index in [1.807, 2.05) is 31.2 Å². The fourth-order valence-electron chi connectivity index (χ4n) is 1.81. The van der Waals surface area contributed by atoms with Crippen molar-refractivity contribution < 1.29 is 19.2 Å². The van der Waals surface area contributed by atoms with Crippen LogP contribution < -0.4 is 10.2 Å². The summed E-state index contributed by atoms with van der Waals surface area (Å²) in [4.78, 5) is 0. The zero-order valence-corrected chi connectivity index (χ0v) is 10.5. The van der Waals surface area contributed by atoms with E-state index in [0.717, 1.165) is 11.6 Å². The van der Waals surface area contributed by atoms with Crippen molar-refractivity contribution in [1.82, 2.24) is 0 Å². The van der Waals surface area contributed by atoms with Gasteiger partial charge in [-0.05, 0) is 41.7 Å². The van der Waals surface area contributed by atoms with Crippen LogP contribution >= 0.6 is 0 Å². The second kappa shape index (κ2) is 5.86. The summed E-state index contributed by atoms with van der Waals surface area (Å²) in [5.74, 6) is 0.202. The molecule has 0 radical (unpaired) electrons. The van der Waals surface area contributed by atoms with Gasteiger partial charge in [0.1, 0.15) is 18.2 Å². The van der Waals surface area contributed by atoms with Gasteiger partial charge in [0.15, 0.2) is 0 Å². The zero-order valence-electron chi connectivity index (χ0n) is 10.5. The molecule has 0 saturated carbocycles. The lowest BCUT2D eigenvalue weighted by molar-refractivity contribution is 0.304. The van der Waals surface area contributed by atoms with Crippen molar-refractivity contribution in [2.75, 3.05) is 0 Å². The van der Waals surface area contributed by atoms with Crippen LogP contribution in [0.5, 0.6) is 5.75 Å². The molecule has 3 nitrogen and oxygen atoms in total. The van der Waals surface area contributed by atoms with Crippen LogP contribution in [0, 0.1) is 12.7 Å². The molecule has 5 heteroatoms. The molecule has 2 N–H and O–H groups in total. The first-order valence-corrected chi connectivity index (χ1v) is 5.91. The van der Waals surface area contributed by atoms with Gasteiger partial charge in [0, 0.05) is 0 Å². The molecule has 0 aliphatic carbocycles. The molecule has 2 rings (SSSR count). The molecular weight excluding hydrogens is 246 g/mol. The van der Waals surface area contributed by atoms with Crippen molar-refractivity contribution in [2.45, 2.75) is 13.5 Å². The highest BCUT2D eigenvalue weighted by atomic mass is 19.1. The fraction of sp³-hybridized carbons (Fsp3) is 0.143. The van der Waals surface area contributed by atoms with Gasteiger partial charge in [0.05, 0.1) is 0 Å². The third-order valence-corrected chi connectivity index (χ3v) is 2.86. The van der Waals surface area contributed by atoms with E-state index in [0.29, 0.717) is 11.3 Å². The summed E-state index contributed by atoms with van der Waals surface area (Å²) in [6, 6.07) is 11.4. The first-order chi connectivity index (χ1) is 9.08. The smallest absolute Gasteiger partial charge is 0.488 e. The molecule has 0 aromatic heterocycles. The number of para-hydroxylation sites is 1. The summed E-state index contributed by atoms with van der Waals surface area (Å²) in [6.45, 7) is 2.07.